The molecule has 1 aliphatic rings. The van der Waals surface area contributed by atoms with E-state index in [0.29, 0.717) is 54.7 Å². The number of methoxy groups -OCH3 is 2. The number of likely N-dealkylation sites (tertiary alicyclic amines) is 1. The van der Waals surface area contributed by atoms with Gasteiger partial charge in [0, 0.05) is 31.4 Å². The third-order valence-corrected chi connectivity index (χ3v) is 5.41. The molecule has 1 saturated heterocycles. The monoisotopic (exact) mass is 453 g/mol. The van der Waals surface area contributed by atoms with Crippen LogP contribution < -0.4 is 9.47 Å². The second-order valence-corrected chi connectivity index (χ2v) is 8.31. The Bertz CT molecular complexity index is 1030. The lowest BCUT2D eigenvalue weighted by atomic mass is 9.94. The number of ketones is 1. The van der Waals surface area contributed by atoms with Crippen molar-refractivity contribution in [2.45, 2.75) is 26.3 Å². The molecule has 3 rings (SSSR count). The summed E-state index contributed by atoms with van der Waals surface area (Å²) in [6, 6.07) is 13.3. The molecule has 0 spiro atoms. The van der Waals surface area contributed by atoms with Gasteiger partial charge in [-0.1, -0.05) is 44.2 Å². The van der Waals surface area contributed by atoms with E-state index in [1.807, 2.05) is 26.0 Å². The van der Waals surface area contributed by atoms with Gasteiger partial charge >= 0.3 is 0 Å². The van der Waals surface area contributed by atoms with Gasteiger partial charge in [0.1, 0.15) is 17.3 Å². The molecule has 1 unspecified atom stereocenters. The standard InChI is InChI=1S/C26H31NO6/c1-17(2)16-33-19-10-7-9-18(15-19)24(28)22-23(20-11-5-6-12-21(20)32-4)27(13-8-14-31-3)26(30)25(22)29/h5-7,9-12,15,17,23,28H,8,13-14,16H2,1-4H3/b24-22-. The van der Waals surface area contributed by atoms with Crippen LogP contribution in [-0.4, -0.2) is 55.7 Å². The Morgan fingerprint density at radius 3 is 2.55 bits per heavy atom. The van der Waals surface area contributed by atoms with Crippen LogP contribution in [0.4, 0.5) is 0 Å². The minimum Gasteiger partial charge on any atom is -0.507 e. The zero-order valence-corrected chi connectivity index (χ0v) is 19.5. The first-order chi connectivity index (χ1) is 15.9. The lowest BCUT2D eigenvalue weighted by Gasteiger charge is -2.26. The predicted octanol–water partition coefficient (Wildman–Crippen LogP) is 4.19. The molecule has 176 valence electrons. The molecule has 1 atom stereocenters. The van der Waals surface area contributed by atoms with Crippen molar-refractivity contribution in [1.82, 2.24) is 4.90 Å². The van der Waals surface area contributed by atoms with Crippen LogP contribution in [0.15, 0.2) is 54.1 Å². The minimum absolute atomic E-state index is 0.0305. The number of Topliss-reactive ketones (excluding diaryl/α,β-unsaturated/α-hetero) is 1. The average Bonchev–Trinajstić information content (AvgIpc) is 3.07. The Kier molecular flexibility index (Phi) is 8.11. The van der Waals surface area contributed by atoms with E-state index in [1.54, 1.807) is 43.5 Å². The number of nitrogens with zero attached hydrogens (tertiary/aromatic N) is 1. The highest BCUT2D eigenvalue weighted by atomic mass is 16.5. The van der Waals surface area contributed by atoms with Crippen molar-refractivity contribution in [2.75, 3.05) is 34.0 Å². The van der Waals surface area contributed by atoms with E-state index in [9.17, 15) is 14.7 Å². The van der Waals surface area contributed by atoms with E-state index in [1.165, 1.54) is 12.0 Å². The van der Waals surface area contributed by atoms with E-state index in [4.69, 9.17) is 14.2 Å². The number of aliphatic hydroxyl groups excluding tert-OH is 1. The summed E-state index contributed by atoms with van der Waals surface area (Å²) in [5.74, 6) is -0.180. The number of carbonyl (C=O) groups excluding carboxylic acids is 2. The number of aliphatic hydroxyl groups is 1. The topological polar surface area (TPSA) is 85.3 Å². The van der Waals surface area contributed by atoms with E-state index in [2.05, 4.69) is 0 Å². The maximum Gasteiger partial charge on any atom is 0.295 e. The Hall–Kier alpha value is -3.32. The van der Waals surface area contributed by atoms with Crippen LogP contribution in [0, 0.1) is 5.92 Å². The third-order valence-electron chi connectivity index (χ3n) is 5.41. The molecule has 0 bridgehead atoms. The molecule has 0 saturated carbocycles. The Labute approximate surface area is 194 Å². The highest BCUT2D eigenvalue weighted by Gasteiger charge is 2.46. The Morgan fingerprint density at radius 2 is 1.85 bits per heavy atom. The summed E-state index contributed by atoms with van der Waals surface area (Å²) in [6.07, 6.45) is 0.549. The van der Waals surface area contributed by atoms with Crippen molar-refractivity contribution in [3.05, 3.63) is 65.2 Å². The maximum atomic E-state index is 13.1. The average molecular weight is 454 g/mol. The molecule has 7 nitrogen and oxygen atoms in total. The number of para-hydroxylation sites is 1. The SMILES string of the molecule is COCCCN1C(=O)C(=O)/C(=C(\O)c2cccc(OCC(C)C)c2)C1c1ccccc1OC. The Morgan fingerprint density at radius 1 is 1.09 bits per heavy atom. The summed E-state index contributed by atoms with van der Waals surface area (Å²) in [4.78, 5) is 27.6. The summed E-state index contributed by atoms with van der Waals surface area (Å²) in [7, 11) is 3.12. The molecule has 1 amide bonds. The maximum absolute atomic E-state index is 13.1. The lowest BCUT2D eigenvalue weighted by molar-refractivity contribution is -0.140. The van der Waals surface area contributed by atoms with Crippen molar-refractivity contribution in [2.24, 2.45) is 5.92 Å². The molecular weight excluding hydrogens is 422 g/mol. The highest BCUT2D eigenvalue weighted by molar-refractivity contribution is 6.46. The number of amides is 1. The molecule has 1 heterocycles. The largest absolute Gasteiger partial charge is 0.507 e. The lowest BCUT2D eigenvalue weighted by Crippen LogP contribution is -2.31. The third kappa shape index (κ3) is 5.37. The molecule has 0 aromatic heterocycles. The van der Waals surface area contributed by atoms with Crippen LogP contribution in [0.5, 0.6) is 11.5 Å². The first kappa shape index (κ1) is 24.3. The van der Waals surface area contributed by atoms with Gasteiger partial charge in [-0.15, -0.1) is 0 Å². The van der Waals surface area contributed by atoms with Crippen molar-refractivity contribution >= 4 is 17.4 Å². The van der Waals surface area contributed by atoms with Crippen LogP contribution in [0.2, 0.25) is 0 Å². The summed E-state index contributed by atoms with van der Waals surface area (Å²) >= 11 is 0. The highest BCUT2D eigenvalue weighted by Crippen LogP contribution is 2.42. The normalized spacial score (nSPS) is 17.6. The molecule has 33 heavy (non-hydrogen) atoms. The van der Waals surface area contributed by atoms with Crippen molar-refractivity contribution in [3.8, 4) is 11.5 Å². The van der Waals surface area contributed by atoms with Gasteiger partial charge in [0.2, 0.25) is 0 Å². The van der Waals surface area contributed by atoms with Gasteiger partial charge in [0.05, 0.1) is 25.3 Å². The molecule has 7 heteroatoms. The van der Waals surface area contributed by atoms with Crippen LogP contribution in [0.3, 0.4) is 0 Å². The molecule has 2 aromatic rings. The molecule has 0 aliphatic carbocycles. The fourth-order valence-electron chi connectivity index (χ4n) is 3.86. The number of ether oxygens (including phenoxy) is 3. The summed E-state index contributed by atoms with van der Waals surface area (Å²) in [6.45, 7) is 5.35. The van der Waals surface area contributed by atoms with Gasteiger partial charge in [0.15, 0.2) is 0 Å². The number of hydrogen-bond acceptors (Lipinski definition) is 6. The summed E-state index contributed by atoms with van der Waals surface area (Å²) in [5.41, 5.74) is 1.07. The van der Waals surface area contributed by atoms with Crippen molar-refractivity contribution < 1.29 is 28.9 Å². The molecule has 1 fully saturated rings. The van der Waals surface area contributed by atoms with Crippen LogP contribution >= 0.6 is 0 Å². The van der Waals surface area contributed by atoms with Crippen molar-refractivity contribution in [3.63, 3.8) is 0 Å². The fourth-order valence-corrected chi connectivity index (χ4v) is 3.86. The van der Waals surface area contributed by atoms with Gasteiger partial charge in [-0.2, -0.15) is 0 Å². The van der Waals surface area contributed by atoms with Gasteiger partial charge in [-0.3, -0.25) is 9.59 Å². The number of carbonyl (C=O) groups is 2. The number of benzene rings is 2. The second kappa shape index (κ2) is 11.0. The smallest absolute Gasteiger partial charge is 0.295 e. The number of hydrogen-bond donors (Lipinski definition) is 1. The zero-order chi connectivity index (χ0) is 24.0. The van der Waals surface area contributed by atoms with Crippen LogP contribution in [-0.2, 0) is 14.3 Å². The molecule has 1 aliphatic heterocycles. The fraction of sp³-hybridized carbons (Fsp3) is 0.385. The van der Waals surface area contributed by atoms with E-state index >= 15 is 0 Å². The van der Waals surface area contributed by atoms with E-state index in [-0.39, 0.29) is 11.3 Å². The first-order valence-corrected chi connectivity index (χ1v) is 11.0. The molecular formula is C26H31NO6. The van der Waals surface area contributed by atoms with Gasteiger partial charge < -0.3 is 24.2 Å². The quantitative estimate of drug-likeness (QED) is 0.251. The van der Waals surface area contributed by atoms with E-state index in [0.717, 1.165) is 0 Å². The Balaban J connectivity index is 2.10. The van der Waals surface area contributed by atoms with Crippen molar-refractivity contribution in [1.29, 1.82) is 0 Å². The van der Waals surface area contributed by atoms with Crippen LogP contribution in [0.1, 0.15) is 37.4 Å². The molecule has 1 N–H and O–H groups in total. The van der Waals surface area contributed by atoms with Gasteiger partial charge in [-0.05, 0) is 30.5 Å². The summed E-state index contributed by atoms with van der Waals surface area (Å²) in [5, 5.41) is 11.3. The predicted molar refractivity (Wildman–Crippen MR) is 125 cm³/mol. The van der Waals surface area contributed by atoms with Crippen LogP contribution in [0.25, 0.3) is 5.76 Å². The van der Waals surface area contributed by atoms with E-state index < -0.39 is 17.7 Å². The molecule has 0 radical (unpaired) electrons. The summed E-state index contributed by atoms with van der Waals surface area (Å²) < 4.78 is 16.4. The molecule has 2 aromatic carbocycles. The van der Waals surface area contributed by atoms with Gasteiger partial charge in [0.25, 0.3) is 11.7 Å². The van der Waals surface area contributed by atoms with Gasteiger partial charge in [-0.25, -0.2) is 0 Å². The minimum atomic E-state index is -0.779. The zero-order valence-electron chi connectivity index (χ0n) is 19.5. The first-order valence-electron chi connectivity index (χ1n) is 11.0. The number of rotatable bonds is 10. The second-order valence-electron chi connectivity index (χ2n) is 8.31.